The summed E-state index contributed by atoms with van der Waals surface area (Å²) in [5.74, 6) is 0. The molecule has 0 saturated heterocycles. The Bertz CT molecular complexity index is 3390. The van der Waals surface area contributed by atoms with Crippen molar-refractivity contribution in [1.82, 2.24) is 9.13 Å². The van der Waals surface area contributed by atoms with Crippen LogP contribution in [0, 0.1) is 7.83 Å². The molecule has 0 aromatic carbocycles. The van der Waals surface area contributed by atoms with E-state index in [-0.39, 0.29) is 13.5 Å². The summed E-state index contributed by atoms with van der Waals surface area (Å²) in [6, 6.07) is 0. The van der Waals surface area contributed by atoms with Gasteiger partial charge in [-0.3, -0.25) is 50.5 Å². The Kier molecular flexibility index (Phi) is 23.8. The number of alkyl halides is 27. The van der Waals surface area contributed by atoms with Crippen LogP contribution in [-0.2, 0) is 116 Å². The summed E-state index contributed by atoms with van der Waals surface area (Å²) in [6.07, 6.45) is 5.50. The first kappa shape index (κ1) is 81.1. The maximum Gasteiger partial charge on any atom is 0.509 e. The summed E-state index contributed by atoms with van der Waals surface area (Å²) in [6.45, 7) is 3.15. The summed E-state index contributed by atoms with van der Waals surface area (Å²) in [7, 11) is -67.1. The van der Waals surface area contributed by atoms with Crippen LogP contribution in [0.3, 0.4) is 0 Å². The van der Waals surface area contributed by atoms with Crippen molar-refractivity contribution in [1.29, 1.82) is 0 Å². The number of unbranched alkanes of at least 4 members (excludes halogenated alkanes) is 1. The molecule has 0 radical (unpaired) electrons. The van der Waals surface area contributed by atoms with Crippen LogP contribution in [0.25, 0.3) is 0 Å². The van der Waals surface area contributed by atoms with Gasteiger partial charge in [-0.25, -0.2) is 43.5 Å². The first-order valence-electron chi connectivity index (χ1n) is 18.2. The van der Waals surface area contributed by atoms with Crippen LogP contribution in [0.1, 0.15) is 26.7 Å². The van der Waals surface area contributed by atoms with E-state index in [0.717, 1.165) is 6.54 Å². The van der Waals surface area contributed by atoms with Crippen LogP contribution in [0.15, 0.2) is 33.9 Å². The average Bonchev–Trinajstić information content (AvgIpc) is 3.76. The molecule has 0 aliphatic carbocycles. The highest BCUT2D eigenvalue weighted by Crippen LogP contribution is 2.50. The largest absolute Gasteiger partial charge is 0.509 e. The van der Waals surface area contributed by atoms with E-state index < -0.39 is 183 Å². The molecule has 2 aromatic heterocycles. The summed E-state index contributed by atoms with van der Waals surface area (Å²) >= 11 is 0. The maximum absolute atomic E-state index is 13.1. The topological polar surface area (TPSA) is 325 Å². The number of imidazole rings is 2. The molecule has 0 bridgehead atoms. The van der Waals surface area contributed by atoms with Crippen molar-refractivity contribution in [3.05, 3.63) is 26.5 Å². The zero-order chi connectivity index (χ0) is 68.1. The first-order valence-corrected chi connectivity index (χ1v) is 31.6. The Morgan fingerprint density at radius 2 is 0.651 bits per heavy atom. The predicted octanol–water partition coefficient (Wildman–Crippen LogP) is 4.80. The summed E-state index contributed by atoms with van der Waals surface area (Å²) in [5, 5.41) is -8.05. The molecule has 2 heterocycles. The summed E-state index contributed by atoms with van der Waals surface area (Å²) in [5.41, 5.74) is -61.6. The highest BCUT2D eigenvalue weighted by molar-refractivity contribution is 8.30. The van der Waals surface area contributed by atoms with E-state index in [1.54, 1.807) is 0 Å². The van der Waals surface area contributed by atoms with E-state index in [2.05, 4.69) is 24.0 Å². The zero-order valence-corrected chi connectivity index (χ0v) is 45.9. The van der Waals surface area contributed by atoms with Crippen molar-refractivity contribution < 1.29 is 203 Å². The molecule has 0 atom stereocenters. The van der Waals surface area contributed by atoms with Crippen molar-refractivity contribution >= 4 is 88.5 Å². The number of nitrogens with zero attached hydrogens (tertiary/aromatic N) is 4. The molecule has 0 amide bonds. The van der Waals surface area contributed by atoms with Gasteiger partial charge < -0.3 is 0 Å². The number of aryl methyl sites for hydroxylation is 2. The quantitative estimate of drug-likeness (QED) is 0.148. The van der Waals surface area contributed by atoms with Gasteiger partial charge in [-0.15, -0.1) is 0 Å². The molecular weight excluding hydrogens is 1450 g/mol. The average molecular weight is 1470 g/mol. The third-order valence-electron chi connectivity index (χ3n) is 7.98. The third-order valence-corrected chi connectivity index (χ3v) is 27.0. The van der Waals surface area contributed by atoms with Crippen LogP contribution >= 0.6 is 0 Å². The third kappa shape index (κ3) is 16.4. The molecule has 2 rings (SSSR count). The number of aromatic nitrogens is 4. The molecule has 0 spiro atoms. The minimum atomic E-state index is -8.02. The number of rotatable bonds is 13. The number of halogens is 27. The fraction of sp³-hybridized carbons (Fsp3) is 0.680. The van der Waals surface area contributed by atoms with Gasteiger partial charge >= 0.3 is 84.2 Å². The normalized spacial score (nSPS) is 15.0. The van der Waals surface area contributed by atoms with Gasteiger partial charge in [0.25, 0.3) is 10.1 Å². The van der Waals surface area contributed by atoms with Gasteiger partial charge in [0.15, 0.2) is 59.0 Å². The van der Waals surface area contributed by atoms with Crippen LogP contribution in [-0.4, -0.2) is 134 Å². The second kappa shape index (κ2) is 24.3. The molecule has 22 nitrogen and oxygen atoms in total. The van der Waals surface area contributed by atoms with Gasteiger partial charge in [0.05, 0.1) is 35.0 Å². The molecule has 0 unspecified atom stereocenters. The smallest absolute Gasteiger partial charge is 0.251 e. The van der Waals surface area contributed by atoms with Crippen molar-refractivity contribution in [3.8, 4) is 0 Å². The lowest BCUT2D eigenvalue weighted by Crippen LogP contribution is -2.47. The number of hydrogen-bond acceptors (Lipinski definition) is 18. The van der Waals surface area contributed by atoms with Gasteiger partial charge in [-0.2, -0.15) is 119 Å². The SMILES string of the molecule is CCCCn1c(S(=O)(=O)C(F)(F)F)c(S(=O)(=O)C(F)(F)F)[n+](C)c1S(=O)(=O)C(F)(F)F.CCn1cc[n+](C)c1.O=S(=O)([C-](S(=O)(=O)C(F)(F)F)S(=O)(=O)C(F)(F)F)C(F)(F)F.O=S(=O)([C-](S(=O)(=O)C(F)(F)F)S(=O)(=O)C(F)(F)F)C(F)(F)F. The van der Waals surface area contributed by atoms with Crippen molar-refractivity contribution in [2.24, 2.45) is 14.1 Å². The lowest BCUT2D eigenvalue weighted by molar-refractivity contribution is -0.747. The van der Waals surface area contributed by atoms with Crippen molar-refractivity contribution in [2.75, 3.05) is 0 Å². The molecule has 0 aliphatic heterocycles. The first-order chi connectivity index (χ1) is 35.5. The predicted molar refractivity (Wildman–Crippen MR) is 208 cm³/mol. The fourth-order valence-electron chi connectivity index (χ4n) is 4.45. The Morgan fingerprint density at radius 1 is 0.398 bits per heavy atom. The van der Waals surface area contributed by atoms with Crippen molar-refractivity contribution in [2.45, 2.75) is 105 Å². The van der Waals surface area contributed by atoms with Gasteiger partial charge in [-0.1, -0.05) is 13.3 Å². The second-order valence-electron chi connectivity index (χ2n) is 13.9. The summed E-state index contributed by atoms with van der Waals surface area (Å²) < 4.78 is 526. The van der Waals surface area contributed by atoms with Crippen LogP contribution < -0.4 is 9.13 Å². The minimum absolute atomic E-state index is 0.0465. The Hall–Kier alpha value is -3.92. The lowest BCUT2D eigenvalue weighted by atomic mass is 10.3. The zero-order valence-electron chi connectivity index (χ0n) is 38.6. The van der Waals surface area contributed by atoms with E-state index in [9.17, 15) is 194 Å². The molecule has 0 saturated carbocycles. The number of hydrogen-bond donors (Lipinski definition) is 0. The van der Waals surface area contributed by atoms with Gasteiger partial charge in [0.1, 0.15) is 12.4 Å². The van der Waals surface area contributed by atoms with Gasteiger partial charge in [0.2, 0.25) is 6.33 Å². The molecule has 0 aliphatic rings. The molecule has 0 N–H and O–H groups in total. The Morgan fingerprint density at radius 3 is 0.819 bits per heavy atom. The number of sulfone groups is 9. The second-order valence-corrected chi connectivity index (χ2v) is 32.3. The minimum Gasteiger partial charge on any atom is -0.251 e. The molecule has 83 heavy (non-hydrogen) atoms. The van der Waals surface area contributed by atoms with Gasteiger partial charge in [-0.05, 0) is 13.3 Å². The molecular formula is C25H23F27N4O18S9. The van der Waals surface area contributed by atoms with E-state index >= 15 is 0 Å². The van der Waals surface area contributed by atoms with E-state index in [1.165, 1.54) is 6.92 Å². The van der Waals surface area contributed by atoms with E-state index in [0.29, 0.717) is 0 Å². The fourth-order valence-corrected chi connectivity index (χ4v) is 19.9. The maximum atomic E-state index is 13.1. The lowest BCUT2D eigenvalue weighted by Gasteiger charge is -2.31. The van der Waals surface area contributed by atoms with Gasteiger partial charge in [0, 0.05) is 0 Å². The summed E-state index contributed by atoms with van der Waals surface area (Å²) in [4.78, 5) is 0. The highest BCUT2D eigenvalue weighted by atomic mass is 32.3. The van der Waals surface area contributed by atoms with E-state index in [1.807, 2.05) is 17.8 Å². The highest BCUT2D eigenvalue weighted by Gasteiger charge is 2.67. The van der Waals surface area contributed by atoms with Crippen LogP contribution in [0.5, 0.6) is 0 Å². The standard InChI is InChI=1S/C11H12F9N2O6S3.C6H11N2.2C4F9O6S3/c1-3-4-5-22-7(30(25,26)10(15,16)17)6(29(23,24)9(12,13)14)21(2)8(22)31(27,28)11(18,19)20;1-3-8-5-4-7(2)6-8;2*5-2(6,7)20(14,15)1(21(16,17)3(8,9)10)22(18,19)4(11,12)13/h3-5H2,1-2H3;4-6H,3H2,1-2H3;;/q2*+1;2*-1. The Labute approximate surface area is 444 Å². The molecule has 58 heteroatoms. The molecule has 494 valence electrons. The van der Waals surface area contributed by atoms with E-state index in [4.69, 9.17) is 0 Å². The molecule has 2 aromatic rings. The van der Waals surface area contributed by atoms with Crippen molar-refractivity contribution in [3.63, 3.8) is 0 Å². The molecule has 0 fully saturated rings. The van der Waals surface area contributed by atoms with Crippen LogP contribution in [0.4, 0.5) is 119 Å². The van der Waals surface area contributed by atoms with Crippen LogP contribution in [0.2, 0.25) is 0 Å². The Balaban J connectivity index is 0. The monoisotopic (exact) mass is 1470 g/mol.